The van der Waals surface area contributed by atoms with Crippen molar-refractivity contribution in [1.82, 2.24) is 19.7 Å². The first-order valence-electron chi connectivity index (χ1n) is 8.87. The van der Waals surface area contributed by atoms with Gasteiger partial charge in [-0.3, -0.25) is 4.68 Å². The number of aromatic nitrogens is 3. The van der Waals surface area contributed by atoms with Crippen LogP contribution in [0.1, 0.15) is 41.7 Å². The maximum Gasteiger partial charge on any atom is 0.339 e. The maximum absolute atomic E-state index is 11.7. The van der Waals surface area contributed by atoms with Gasteiger partial charge >= 0.3 is 5.97 Å². The number of fused-ring (bicyclic) bond motifs is 1. The van der Waals surface area contributed by atoms with E-state index in [0.717, 1.165) is 24.2 Å². The Morgan fingerprint density at radius 2 is 2.00 bits per heavy atom. The number of pyridine rings is 1. The molecule has 0 amide bonds. The Balaban J connectivity index is 1.89. The van der Waals surface area contributed by atoms with Gasteiger partial charge in [-0.2, -0.15) is 5.10 Å². The number of carbonyl (C=O) groups is 1. The van der Waals surface area contributed by atoms with Crippen LogP contribution in [0.2, 0.25) is 0 Å². The topological polar surface area (TPSA) is 74.5 Å². The normalized spacial score (nSPS) is 15.4. The van der Waals surface area contributed by atoms with Crippen LogP contribution in [0.25, 0.3) is 11.0 Å². The van der Waals surface area contributed by atoms with E-state index in [4.69, 9.17) is 0 Å². The summed E-state index contributed by atoms with van der Waals surface area (Å²) in [6, 6.07) is 0.657. The molecule has 0 atom stereocenters. The van der Waals surface area contributed by atoms with Crippen molar-refractivity contribution in [2.45, 2.75) is 38.6 Å². The second-order valence-corrected chi connectivity index (χ2v) is 7.07. The summed E-state index contributed by atoms with van der Waals surface area (Å²) in [7, 11) is 5.95. The molecule has 0 saturated heterocycles. The van der Waals surface area contributed by atoms with Gasteiger partial charge in [-0.25, -0.2) is 9.78 Å². The third kappa shape index (κ3) is 3.33. The second kappa shape index (κ2) is 7.00. The largest absolute Gasteiger partial charge is 0.478 e. The lowest BCUT2D eigenvalue weighted by Gasteiger charge is -2.28. The van der Waals surface area contributed by atoms with E-state index < -0.39 is 5.97 Å². The van der Waals surface area contributed by atoms with Crippen LogP contribution in [0.4, 0.5) is 5.69 Å². The van der Waals surface area contributed by atoms with Gasteiger partial charge in [0.05, 0.1) is 16.8 Å². The van der Waals surface area contributed by atoms with Gasteiger partial charge in [0.15, 0.2) is 5.65 Å². The second-order valence-electron chi connectivity index (χ2n) is 7.07. The molecule has 1 aliphatic carbocycles. The lowest BCUT2D eigenvalue weighted by molar-refractivity contribution is 0.0697. The van der Waals surface area contributed by atoms with Crippen LogP contribution in [0.5, 0.6) is 0 Å². The molecule has 2 heterocycles. The lowest BCUT2D eigenvalue weighted by Crippen LogP contribution is -2.36. The van der Waals surface area contributed by atoms with E-state index in [0.29, 0.717) is 17.4 Å². The van der Waals surface area contributed by atoms with Crippen LogP contribution >= 0.6 is 0 Å². The quantitative estimate of drug-likeness (QED) is 0.866. The van der Waals surface area contributed by atoms with Gasteiger partial charge in [0, 0.05) is 39.4 Å². The highest BCUT2D eigenvalue weighted by molar-refractivity contribution is 6.04. The van der Waals surface area contributed by atoms with E-state index in [1.54, 1.807) is 4.68 Å². The average Bonchev–Trinajstić information content (AvgIpc) is 3.20. The number of aromatic carboxylic acids is 1. The van der Waals surface area contributed by atoms with Gasteiger partial charge in [-0.1, -0.05) is 12.8 Å². The van der Waals surface area contributed by atoms with Gasteiger partial charge in [0.25, 0.3) is 0 Å². The Hall–Kier alpha value is -2.15. The van der Waals surface area contributed by atoms with E-state index in [1.807, 2.05) is 25.9 Å². The first kappa shape index (κ1) is 17.7. The summed E-state index contributed by atoms with van der Waals surface area (Å²) in [5.41, 5.74) is 2.46. The first-order chi connectivity index (χ1) is 11.9. The van der Waals surface area contributed by atoms with E-state index in [9.17, 15) is 9.90 Å². The summed E-state index contributed by atoms with van der Waals surface area (Å²) in [5.74, 6) is -0.955. The predicted octanol–water partition coefficient (Wildman–Crippen LogP) is 2.29. The van der Waals surface area contributed by atoms with Crippen molar-refractivity contribution < 1.29 is 9.90 Å². The van der Waals surface area contributed by atoms with Crippen molar-refractivity contribution in [3.63, 3.8) is 0 Å². The van der Waals surface area contributed by atoms with Gasteiger partial charge in [-0.05, 0) is 26.8 Å². The number of carboxylic acid groups (broad SMARTS) is 1. The molecule has 3 rings (SSSR count). The van der Waals surface area contributed by atoms with E-state index in [2.05, 4.69) is 22.0 Å². The van der Waals surface area contributed by atoms with Gasteiger partial charge in [0.2, 0.25) is 0 Å². The number of aryl methyl sites for hydroxylation is 2. The van der Waals surface area contributed by atoms with E-state index in [-0.39, 0.29) is 5.56 Å². The smallest absolute Gasteiger partial charge is 0.339 e. The predicted molar refractivity (Wildman–Crippen MR) is 98.4 cm³/mol. The number of rotatable bonds is 6. The molecule has 2 aromatic rings. The standard InChI is InChI=1S/C18H27N5O2/c1-12-15-16(14(18(24)25)11-19-17(15)23(4)20-12)22(3)10-9-21(2)13-7-5-6-8-13/h11,13H,5-10H2,1-4H3,(H,24,25). The Morgan fingerprint density at radius 1 is 1.32 bits per heavy atom. The minimum Gasteiger partial charge on any atom is -0.478 e. The Bertz CT molecular complexity index is 779. The summed E-state index contributed by atoms with van der Waals surface area (Å²) in [6.07, 6.45) is 6.60. The molecule has 0 spiro atoms. The van der Waals surface area contributed by atoms with Crippen molar-refractivity contribution in [2.75, 3.05) is 32.1 Å². The minimum atomic E-state index is -0.955. The number of carboxylic acids is 1. The van der Waals surface area contributed by atoms with E-state index in [1.165, 1.54) is 31.9 Å². The molecular formula is C18H27N5O2. The average molecular weight is 345 g/mol. The molecular weight excluding hydrogens is 318 g/mol. The highest BCUT2D eigenvalue weighted by Gasteiger charge is 2.23. The molecule has 0 radical (unpaired) electrons. The molecule has 0 aliphatic heterocycles. The number of anilines is 1. The van der Waals surface area contributed by atoms with E-state index >= 15 is 0 Å². The van der Waals surface area contributed by atoms with Crippen LogP contribution in [0, 0.1) is 6.92 Å². The fraction of sp³-hybridized carbons (Fsp3) is 0.611. The molecule has 1 fully saturated rings. The maximum atomic E-state index is 11.7. The molecule has 0 unspecified atom stereocenters. The number of nitrogens with zero attached hydrogens (tertiary/aromatic N) is 5. The SMILES string of the molecule is Cc1nn(C)c2ncc(C(=O)O)c(N(C)CCN(C)C3CCCC3)c12. The van der Waals surface area contributed by atoms with Crippen molar-refractivity contribution >= 4 is 22.7 Å². The summed E-state index contributed by atoms with van der Waals surface area (Å²) < 4.78 is 1.71. The van der Waals surface area contributed by atoms with Gasteiger partial charge in [0.1, 0.15) is 5.56 Å². The summed E-state index contributed by atoms with van der Waals surface area (Å²) in [6.45, 7) is 3.57. The molecule has 2 aromatic heterocycles. The van der Waals surface area contributed by atoms with Gasteiger partial charge in [-0.15, -0.1) is 0 Å². The molecule has 1 aliphatic rings. The van der Waals surface area contributed by atoms with Crippen LogP contribution in [0.3, 0.4) is 0 Å². The van der Waals surface area contributed by atoms with Crippen molar-refractivity contribution in [3.8, 4) is 0 Å². The molecule has 0 aromatic carbocycles. The Kier molecular flexibility index (Phi) is 4.94. The highest BCUT2D eigenvalue weighted by Crippen LogP contribution is 2.31. The van der Waals surface area contributed by atoms with Crippen LogP contribution in [0.15, 0.2) is 6.20 Å². The fourth-order valence-corrected chi connectivity index (χ4v) is 3.89. The fourth-order valence-electron chi connectivity index (χ4n) is 3.89. The zero-order valence-corrected chi connectivity index (χ0v) is 15.5. The summed E-state index contributed by atoms with van der Waals surface area (Å²) in [4.78, 5) is 20.5. The number of likely N-dealkylation sites (N-methyl/N-ethyl adjacent to an activating group) is 2. The Labute approximate surface area is 148 Å². The van der Waals surface area contributed by atoms with Crippen molar-refractivity contribution in [3.05, 3.63) is 17.5 Å². The third-order valence-electron chi connectivity index (χ3n) is 5.35. The molecule has 7 heteroatoms. The monoisotopic (exact) mass is 345 g/mol. The van der Waals surface area contributed by atoms with Crippen molar-refractivity contribution in [1.29, 1.82) is 0 Å². The molecule has 7 nitrogen and oxygen atoms in total. The van der Waals surface area contributed by atoms with Crippen LogP contribution < -0.4 is 4.90 Å². The van der Waals surface area contributed by atoms with Crippen LogP contribution in [-0.4, -0.2) is 64.0 Å². The summed E-state index contributed by atoms with van der Waals surface area (Å²) >= 11 is 0. The molecule has 136 valence electrons. The van der Waals surface area contributed by atoms with Crippen LogP contribution in [-0.2, 0) is 7.05 Å². The molecule has 0 bridgehead atoms. The Morgan fingerprint density at radius 3 is 2.64 bits per heavy atom. The lowest BCUT2D eigenvalue weighted by atomic mass is 10.1. The zero-order chi connectivity index (χ0) is 18.1. The third-order valence-corrected chi connectivity index (χ3v) is 5.35. The zero-order valence-electron chi connectivity index (χ0n) is 15.5. The molecule has 25 heavy (non-hydrogen) atoms. The molecule has 1 N–H and O–H groups in total. The number of hydrogen-bond donors (Lipinski definition) is 1. The molecule has 1 saturated carbocycles. The highest BCUT2D eigenvalue weighted by atomic mass is 16.4. The minimum absolute atomic E-state index is 0.231. The number of hydrogen-bond acceptors (Lipinski definition) is 5. The van der Waals surface area contributed by atoms with Crippen molar-refractivity contribution in [2.24, 2.45) is 7.05 Å². The first-order valence-corrected chi connectivity index (χ1v) is 8.87. The summed E-state index contributed by atoms with van der Waals surface area (Å²) in [5, 5.41) is 14.9. The van der Waals surface area contributed by atoms with Gasteiger partial charge < -0.3 is 14.9 Å².